The highest BCUT2D eigenvalue weighted by molar-refractivity contribution is 5.05. The highest BCUT2D eigenvalue weighted by Crippen LogP contribution is 2.14. The molecule has 0 unspecified atom stereocenters. The van der Waals surface area contributed by atoms with Gasteiger partial charge < -0.3 is 0 Å². The molecule has 1 heteroatoms. The molecule has 0 bridgehead atoms. The molecular formula is C27H50N+. The van der Waals surface area contributed by atoms with Gasteiger partial charge in [-0.15, -0.1) is 0 Å². The van der Waals surface area contributed by atoms with Crippen LogP contribution in [0.2, 0.25) is 0 Å². The number of unbranched alkanes of at least 4 members (excludes halogenated alkanes) is 16. The first-order chi connectivity index (χ1) is 13.9. The first kappa shape index (κ1) is 25.2. The molecule has 1 nitrogen and oxygen atoms in total. The van der Waals surface area contributed by atoms with Crippen LogP contribution in [0.15, 0.2) is 24.5 Å². The Morgan fingerprint density at radius 3 is 1.50 bits per heavy atom. The summed E-state index contributed by atoms with van der Waals surface area (Å²) in [6.07, 6.45) is 31.6. The zero-order valence-electron chi connectivity index (χ0n) is 19.4. The maximum absolute atomic E-state index is 2.34. The number of aryl methyl sites for hydroxylation is 2. The van der Waals surface area contributed by atoms with Gasteiger partial charge in [-0.05, 0) is 18.9 Å². The minimum absolute atomic E-state index is 1.15. The second-order valence-electron chi connectivity index (χ2n) is 8.86. The van der Waals surface area contributed by atoms with Crippen molar-refractivity contribution in [2.75, 3.05) is 0 Å². The van der Waals surface area contributed by atoms with Gasteiger partial charge in [0.05, 0.1) is 0 Å². The van der Waals surface area contributed by atoms with Crippen LogP contribution in [0.5, 0.6) is 0 Å². The topological polar surface area (TPSA) is 3.88 Å². The molecule has 1 aromatic rings. The highest BCUT2D eigenvalue weighted by atomic mass is 14.9. The molecule has 1 aromatic heterocycles. The van der Waals surface area contributed by atoms with Crippen LogP contribution in [0.4, 0.5) is 0 Å². The maximum atomic E-state index is 2.34. The summed E-state index contributed by atoms with van der Waals surface area (Å²) < 4.78 is 2.34. The van der Waals surface area contributed by atoms with E-state index in [1.165, 1.54) is 128 Å². The third kappa shape index (κ3) is 15.1. The fraction of sp³-hybridized carbons (Fsp3) is 0.815. The van der Waals surface area contributed by atoms with Gasteiger partial charge in [-0.25, -0.2) is 4.57 Å². The lowest BCUT2D eigenvalue weighted by molar-refractivity contribution is -0.697. The van der Waals surface area contributed by atoms with E-state index in [0.29, 0.717) is 0 Å². The molecule has 0 atom stereocenters. The Bertz CT molecular complexity index is 440. The summed E-state index contributed by atoms with van der Waals surface area (Å²) in [6.45, 7) is 5.69. The quantitative estimate of drug-likeness (QED) is 0.155. The number of rotatable bonds is 20. The standard InChI is InChI=1S/C27H50N/c1-3-5-6-7-8-9-10-11-12-13-14-15-16-17-18-19-20-22-27-23-21-25-28(26-27)24-4-2/h21,23,25-26H,3-20,22,24H2,1-2H3/q+1. The fourth-order valence-electron chi connectivity index (χ4n) is 4.18. The summed E-state index contributed by atoms with van der Waals surface area (Å²) in [7, 11) is 0. The van der Waals surface area contributed by atoms with Crippen LogP contribution in [0.3, 0.4) is 0 Å². The first-order valence-electron chi connectivity index (χ1n) is 12.8. The average molecular weight is 389 g/mol. The lowest BCUT2D eigenvalue weighted by atomic mass is 10.0. The SMILES string of the molecule is CCCCCCCCCCCCCCCCCCCc1ccc[n+](CCC)c1. The van der Waals surface area contributed by atoms with E-state index in [1.807, 2.05) is 0 Å². The maximum Gasteiger partial charge on any atom is 0.171 e. The van der Waals surface area contributed by atoms with E-state index < -0.39 is 0 Å². The van der Waals surface area contributed by atoms with Crippen molar-refractivity contribution in [2.45, 2.75) is 142 Å². The molecule has 28 heavy (non-hydrogen) atoms. The lowest BCUT2D eigenvalue weighted by Crippen LogP contribution is -2.32. The molecule has 162 valence electrons. The van der Waals surface area contributed by atoms with Crippen molar-refractivity contribution < 1.29 is 4.57 Å². The van der Waals surface area contributed by atoms with Crippen LogP contribution in [-0.4, -0.2) is 0 Å². The zero-order chi connectivity index (χ0) is 20.1. The Hall–Kier alpha value is -0.850. The molecule has 1 rings (SSSR count). The van der Waals surface area contributed by atoms with Crippen molar-refractivity contribution >= 4 is 0 Å². The minimum atomic E-state index is 1.15. The van der Waals surface area contributed by atoms with Gasteiger partial charge in [-0.1, -0.05) is 117 Å². The summed E-state index contributed by atoms with van der Waals surface area (Å²) in [5.74, 6) is 0. The Morgan fingerprint density at radius 1 is 0.571 bits per heavy atom. The summed E-state index contributed by atoms with van der Waals surface area (Å²) in [6, 6.07) is 4.50. The van der Waals surface area contributed by atoms with E-state index in [9.17, 15) is 0 Å². The molecule has 0 aliphatic heterocycles. The van der Waals surface area contributed by atoms with Crippen LogP contribution in [0.25, 0.3) is 0 Å². The van der Waals surface area contributed by atoms with Crippen molar-refractivity contribution in [1.29, 1.82) is 0 Å². The highest BCUT2D eigenvalue weighted by Gasteiger charge is 2.01. The monoisotopic (exact) mass is 388 g/mol. The van der Waals surface area contributed by atoms with Gasteiger partial charge >= 0.3 is 0 Å². The molecule has 0 spiro atoms. The number of aromatic nitrogens is 1. The second kappa shape index (κ2) is 19.5. The second-order valence-corrected chi connectivity index (χ2v) is 8.86. The molecule has 0 fully saturated rings. The van der Waals surface area contributed by atoms with Crippen LogP contribution in [0, 0.1) is 0 Å². The fourth-order valence-corrected chi connectivity index (χ4v) is 4.18. The van der Waals surface area contributed by atoms with E-state index in [0.717, 1.165) is 6.54 Å². The van der Waals surface area contributed by atoms with Crippen LogP contribution in [0.1, 0.15) is 135 Å². The van der Waals surface area contributed by atoms with Gasteiger partial charge in [0, 0.05) is 18.1 Å². The molecule has 0 aromatic carbocycles. The molecule has 0 radical (unpaired) electrons. The largest absolute Gasteiger partial charge is 0.205 e. The van der Waals surface area contributed by atoms with Gasteiger partial charge in [0.1, 0.15) is 6.54 Å². The third-order valence-electron chi connectivity index (χ3n) is 5.97. The lowest BCUT2D eigenvalue weighted by Gasteiger charge is -2.04. The molecule has 1 heterocycles. The molecule has 0 saturated heterocycles. The summed E-state index contributed by atoms with van der Waals surface area (Å²) >= 11 is 0. The summed E-state index contributed by atoms with van der Waals surface area (Å²) in [5.41, 5.74) is 1.51. The molecule has 0 saturated carbocycles. The van der Waals surface area contributed by atoms with E-state index in [4.69, 9.17) is 0 Å². The number of pyridine rings is 1. The predicted molar refractivity (Wildman–Crippen MR) is 125 cm³/mol. The smallest absolute Gasteiger partial charge is 0.171 e. The van der Waals surface area contributed by atoms with Crippen molar-refractivity contribution in [1.82, 2.24) is 0 Å². The van der Waals surface area contributed by atoms with E-state index in [1.54, 1.807) is 0 Å². The zero-order valence-corrected chi connectivity index (χ0v) is 19.4. The van der Waals surface area contributed by atoms with Crippen LogP contribution in [-0.2, 0) is 13.0 Å². The Morgan fingerprint density at radius 2 is 1.04 bits per heavy atom. The molecular weight excluding hydrogens is 338 g/mol. The van der Waals surface area contributed by atoms with Crippen LogP contribution >= 0.6 is 0 Å². The third-order valence-corrected chi connectivity index (χ3v) is 5.97. The van der Waals surface area contributed by atoms with Gasteiger partial charge in [-0.3, -0.25) is 0 Å². The number of hydrogen-bond donors (Lipinski definition) is 0. The predicted octanol–water partition coefficient (Wildman–Crippen LogP) is 8.58. The van der Waals surface area contributed by atoms with Gasteiger partial charge in [-0.2, -0.15) is 0 Å². The molecule has 0 aliphatic carbocycles. The number of hydrogen-bond acceptors (Lipinski definition) is 0. The van der Waals surface area contributed by atoms with Gasteiger partial charge in [0.15, 0.2) is 12.4 Å². The van der Waals surface area contributed by atoms with E-state index >= 15 is 0 Å². The first-order valence-corrected chi connectivity index (χ1v) is 12.8. The Kier molecular flexibility index (Phi) is 17.5. The minimum Gasteiger partial charge on any atom is -0.205 e. The van der Waals surface area contributed by atoms with Crippen molar-refractivity contribution in [3.63, 3.8) is 0 Å². The van der Waals surface area contributed by atoms with Crippen molar-refractivity contribution in [3.05, 3.63) is 30.1 Å². The van der Waals surface area contributed by atoms with E-state index in [-0.39, 0.29) is 0 Å². The molecule has 0 aliphatic rings. The van der Waals surface area contributed by atoms with Crippen LogP contribution < -0.4 is 4.57 Å². The van der Waals surface area contributed by atoms with Crippen molar-refractivity contribution in [3.8, 4) is 0 Å². The van der Waals surface area contributed by atoms with E-state index in [2.05, 4.69) is 42.9 Å². The van der Waals surface area contributed by atoms with Gasteiger partial charge in [0.25, 0.3) is 0 Å². The normalized spacial score (nSPS) is 11.2. The average Bonchev–Trinajstić information content (AvgIpc) is 2.71. The summed E-state index contributed by atoms with van der Waals surface area (Å²) in [5, 5.41) is 0. The van der Waals surface area contributed by atoms with Gasteiger partial charge in [0.2, 0.25) is 0 Å². The Labute approximate surface area is 177 Å². The summed E-state index contributed by atoms with van der Waals surface area (Å²) in [4.78, 5) is 0. The van der Waals surface area contributed by atoms with Crippen molar-refractivity contribution in [2.24, 2.45) is 0 Å². The number of nitrogens with zero attached hydrogens (tertiary/aromatic N) is 1. The Balaban J connectivity index is 1.79. The molecule has 0 amide bonds. The molecule has 0 N–H and O–H groups in total.